The highest BCUT2D eigenvalue weighted by Gasteiger charge is 2.34. The van der Waals surface area contributed by atoms with Crippen LogP contribution in [0.4, 0.5) is 28.0 Å². The molecular formula is C17H11F4N3O3. The van der Waals surface area contributed by atoms with Crippen molar-refractivity contribution in [3.05, 3.63) is 64.5 Å². The van der Waals surface area contributed by atoms with Gasteiger partial charge in [-0.3, -0.25) is 14.9 Å². The number of imide groups is 1. The summed E-state index contributed by atoms with van der Waals surface area (Å²) in [6.07, 6.45) is -4.77. The first-order valence-electron chi connectivity index (χ1n) is 7.56. The van der Waals surface area contributed by atoms with E-state index < -0.39 is 47.5 Å². The summed E-state index contributed by atoms with van der Waals surface area (Å²) in [6, 6.07) is 5.52. The van der Waals surface area contributed by atoms with E-state index in [9.17, 15) is 31.9 Å². The van der Waals surface area contributed by atoms with Crippen molar-refractivity contribution in [3.63, 3.8) is 0 Å². The normalized spacial score (nSPS) is 13.2. The predicted molar refractivity (Wildman–Crippen MR) is 85.5 cm³/mol. The third-order valence-corrected chi connectivity index (χ3v) is 3.84. The van der Waals surface area contributed by atoms with E-state index in [0.717, 1.165) is 12.1 Å². The molecule has 3 N–H and O–H groups in total. The Labute approximate surface area is 149 Å². The van der Waals surface area contributed by atoms with Crippen molar-refractivity contribution in [1.82, 2.24) is 10.6 Å². The second-order valence-corrected chi connectivity index (χ2v) is 5.61. The van der Waals surface area contributed by atoms with Crippen molar-refractivity contribution >= 4 is 23.5 Å². The molecule has 0 aliphatic carbocycles. The Morgan fingerprint density at radius 3 is 2.44 bits per heavy atom. The molecule has 0 saturated heterocycles. The Hall–Kier alpha value is -3.43. The maximum atomic E-state index is 13.7. The van der Waals surface area contributed by atoms with Gasteiger partial charge in [-0.05, 0) is 30.3 Å². The molecule has 0 spiro atoms. The highest BCUT2D eigenvalue weighted by Crippen LogP contribution is 2.33. The topological polar surface area (TPSA) is 87.3 Å². The van der Waals surface area contributed by atoms with Crippen LogP contribution in [-0.4, -0.2) is 17.8 Å². The number of hydrogen-bond acceptors (Lipinski definition) is 3. The van der Waals surface area contributed by atoms with Gasteiger partial charge in [-0.1, -0.05) is 6.07 Å². The van der Waals surface area contributed by atoms with Crippen LogP contribution >= 0.6 is 0 Å². The zero-order valence-corrected chi connectivity index (χ0v) is 13.4. The van der Waals surface area contributed by atoms with Crippen molar-refractivity contribution in [2.24, 2.45) is 0 Å². The average Bonchev–Trinajstić information content (AvgIpc) is 2.86. The number of nitrogens with one attached hydrogen (secondary N) is 3. The van der Waals surface area contributed by atoms with Gasteiger partial charge in [0, 0.05) is 17.8 Å². The van der Waals surface area contributed by atoms with Gasteiger partial charge in [-0.2, -0.15) is 13.2 Å². The van der Waals surface area contributed by atoms with Crippen molar-refractivity contribution in [2.75, 3.05) is 5.32 Å². The fourth-order valence-electron chi connectivity index (χ4n) is 2.59. The van der Waals surface area contributed by atoms with E-state index in [-0.39, 0.29) is 16.8 Å². The molecule has 3 rings (SSSR count). The van der Waals surface area contributed by atoms with Gasteiger partial charge in [0.1, 0.15) is 5.82 Å². The van der Waals surface area contributed by atoms with Gasteiger partial charge < -0.3 is 10.6 Å². The molecule has 0 aromatic heterocycles. The third-order valence-electron chi connectivity index (χ3n) is 3.84. The summed E-state index contributed by atoms with van der Waals surface area (Å²) in [5.74, 6) is -2.29. The van der Waals surface area contributed by atoms with E-state index in [2.05, 4.69) is 16.0 Å². The van der Waals surface area contributed by atoms with Crippen molar-refractivity contribution in [2.45, 2.75) is 12.7 Å². The first kappa shape index (κ1) is 18.4. The summed E-state index contributed by atoms with van der Waals surface area (Å²) in [4.78, 5) is 35.0. The fraction of sp³-hybridized carbons (Fsp3) is 0.118. The van der Waals surface area contributed by atoms with Crippen LogP contribution in [0.15, 0.2) is 36.4 Å². The van der Waals surface area contributed by atoms with E-state index >= 15 is 0 Å². The minimum absolute atomic E-state index is 0.0614. The molecule has 1 aliphatic rings. The maximum absolute atomic E-state index is 13.7. The Balaban J connectivity index is 1.71. The lowest BCUT2D eigenvalue weighted by atomic mass is 10.1. The highest BCUT2D eigenvalue weighted by molar-refractivity contribution is 6.22. The molecule has 1 heterocycles. The Morgan fingerprint density at radius 2 is 1.74 bits per heavy atom. The standard InChI is InChI=1S/C17H11F4N3O3/c18-13-3-1-2-12(17(19,20)21)11(13)7-22-16(27)23-8-4-5-9-10(6-8)15(26)24-14(9)25/h1-6H,7H2,(H2,22,23,27)(H,24,25,26). The molecule has 0 bridgehead atoms. The first-order chi connectivity index (χ1) is 12.7. The average molecular weight is 381 g/mol. The lowest BCUT2D eigenvalue weighted by Crippen LogP contribution is -2.29. The van der Waals surface area contributed by atoms with Gasteiger partial charge in [0.05, 0.1) is 16.7 Å². The third kappa shape index (κ3) is 3.73. The minimum atomic E-state index is -4.77. The van der Waals surface area contributed by atoms with Crippen LogP contribution in [0.3, 0.4) is 0 Å². The summed E-state index contributed by atoms with van der Waals surface area (Å²) in [5.41, 5.74) is -1.53. The number of fused-ring (bicyclic) bond motifs is 1. The van der Waals surface area contributed by atoms with Crippen LogP contribution in [0.25, 0.3) is 0 Å². The van der Waals surface area contributed by atoms with E-state index in [1.54, 1.807) is 0 Å². The molecule has 0 atom stereocenters. The second kappa shape index (κ2) is 6.71. The molecule has 2 aromatic rings. The molecule has 140 valence electrons. The molecule has 0 saturated carbocycles. The molecule has 0 radical (unpaired) electrons. The van der Waals surface area contributed by atoms with Gasteiger partial charge in [-0.15, -0.1) is 0 Å². The Bertz CT molecular complexity index is 957. The molecule has 0 unspecified atom stereocenters. The number of rotatable bonds is 3. The number of carbonyl (C=O) groups excluding carboxylic acids is 3. The van der Waals surface area contributed by atoms with E-state index in [1.165, 1.54) is 18.2 Å². The van der Waals surface area contributed by atoms with Crippen molar-refractivity contribution < 1.29 is 31.9 Å². The van der Waals surface area contributed by atoms with Gasteiger partial charge in [0.2, 0.25) is 0 Å². The van der Waals surface area contributed by atoms with Gasteiger partial charge in [0.25, 0.3) is 11.8 Å². The predicted octanol–water partition coefficient (Wildman–Crippen LogP) is 3.05. The van der Waals surface area contributed by atoms with Gasteiger partial charge in [0.15, 0.2) is 0 Å². The molecule has 1 aliphatic heterocycles. The molecule has 2 aromatic carbocycles. The van der Waals surface area contributed by atoms with Crippen LogP contribution in [0.2, 0.25) is 0 Å². The largest absolute Gasteiger partial charge is 0.416 e. The van der Waals surface area contributed by atoms with E-state index in [0.29, 0.717) is 6.07 Å². The highest BCUT2D eigenvalue weighted by atomic mass is 19.4. The number of carbonyl (C=O) groups is 3. The minimum Gasteiger partial charge on any atom is -0.334 e. The lowest BCUT2D eigenvalue weighted by Gasteiger charge is -2.14. The van der Waals surface area contributed by atoms with E-state index in [4.69, 9.17) is 0 Å². The smallest absolute Gasteiger partial charge is 0.334 e. The fourth-order valence-corrected chi connectivity index (χ4v) is 2.59. The van der Waals surface area contributed by atoms with Crippen LogP contribution in [-0.2, 0) is 12.7 Å². The van der Waals surface area contributed by atoms with Crippen molar-refractivity contribution in [1.29, 1.82) is 0 Å². The Kier molecular flexibility index (Phi) is 4.56. The summed E-state index contributed by atoms with van der Waals surface area (Å²) < 4.78 is 52.5. The first-order valence-corrected chi connectivity index (χ1v) is 7.56. The summed E-state index contributed by atoms with van der Waals surface area (Å²) in [6.45, 7) is -0.697. The maximum Gasteiger partial charge on any atom is 0.416 e. The quantitative estimate of drug-likeness (QED) is 0.564. The zero-order chi connectivity index (χ0) is 19.8. The summed E-state index contributed by atoms with van der Waals surface area (Å²) >= 11 is 0. The van der Waals surface area contributed by atoms with Crippen LogP contribution in [0.5, 0.6) is 0 Å². The van der Waals surface area contributed by atoms with Crippen molar-refractivity contribution in [3.8, 4) is 0 Å². The van der Waals surface area contributed by atoms with Crippen LogP contribution in [0.1, 0.15) is 31.8 Å². The summed E-state index contributed by atoms with van der Waals surface area (Å²) in [7, 11) is 0. The Morgan fingerprint density at radius 1 is 1.04 bits per heavy atom. The second-order valence-electron chi connectivity index (χ2n) is 5.61. The SMILES string of the molecule is O=C(NCc1c(F)cccc1C(F)(F)F)Nc1ccc2c(c1)C(=O)NC2=O. The van der Waals surface area contributed by atoms with Gasteiger partial charge >= 0.3 is 12.2 Å². The summed E-state index contributed by atoms with van der Waals surface area (Å²) in [5, 5.41) is 6.52. The molecular weight excluding hydrogens is 370 g/mol. The number of alkyl halides is 3. The lowest BCUT2D eigenvalue weighted by molar-refractivity contribution is -0.138. The monoisotopic (exact) mass is 381 g/mol. The zero-order valence-electron chi connectivity index (χ0n) is 13.4. The molecule has 4 amide bonds. The van der Waals surface area contributed by atoms with Crippen LogP contribution < -0.4 is 16.0 Å². The number of amides is 4. The molecule has 6 nitrogen and oxygen atoms in total. The number of urea groups is 1. The number of halogens is 4. The molecule has 10 heteroatoms. The number of benzene rings is 2. The molecule has 0 fully saturated rings. The van der Waals surface area contributed by atoms with E-state index in [1.807, 2.05) is 0 Å². The number of hydrogen-bond donors (Lipinski definition) is 3. The van der Waals surface area contributed by atoms with Gasteiger partial charge in [-0.25, -0.2) is 9.18 Å². The van der Waals surface area contributed by atoms with Crippen LogP contribution in [0, 0.1) is 5.82 Å². The molecule has 27 heavy (non-hydrogen) atoms. The number of anilines is 1.